The van der Waals surface area contributed by atoms with Crippen molar-refractivity contribution in [3.8, 4) is 0 Å². The number of alkyl halides is 1. The van der Waals surface area contributed by atoms with Gasteiger partial charge in [-0.05, 0) is 6.42 Å². The SMILES string of the molecule is CCCCCl.[SiH3]Cl. The number of hydrogen-bond acceptors (Lipinski definition) is 0. The van der Waals surface area contributed by atoms with Crippen molar-refractivity contribution in [2.24, 2.45) is 0 Å². The molecule has 0 amide bonds. The molecule has 0 saturated carbocycles. The first kappa shape index (κ1) is 10.7. The van der Waals surface area contributed by atoms with Crippen molar-refractivity contribution in [3.63, 3.8) is 0 Å². The maximum absolute atomic E-state index is 5.30. The van der Waals surface area contributed by atoms with Gasteiger partial charge in [-0.2, -0.15) is 11.1 Å². The Hall–Kier alpha value is 0.797. The van der Waals surface area contributed by atoms with Gasteiger partial charge in [-0.1, -0.05) is 13.3 Å². The van der Waals surface area contributed by atoms with Crippen LogP contribution >= 0.6 is 22.7 Å². The molecule has 0 rings (SSSR count). The smallest absolute Gasteiger partial charge is 0.109 e. The monoisotopic (exact) mass is 158 g/mol. The van der Waals surface area contributed by atoms with Crippen LogP contribution in [0.1, 0.15) is 19.8 Å². The molecule has 0 aromatic rings. The Morgan fingerprint density at radius 2 is 1.86 bits per heavy atom. The maximum atomic E-state index is 5.30. The molecule has 0 aliphatic carbocycles. The molecule has 0 nitrogen and oxygen atoms in total. The van der Waals surface area contributed by atoms with E-state index in [1.54, 1.807) is 0 Å². The lowest BCUT2D eigenvalue weighted by Crippen LogP contribution is -1.65. The summed E-state index contributed by atoms with van der Waals surface area (Å²) in [6.45, 7) is 2.13. The van der Waals surface area contributed by atoms with E-state index in [2.05, 4.69) is 6.92 Å². The highest BCUT2D eigenvalue weighted by molar-refractivity contribution is 6.80. The van der Waals surface area contributed by atoms with E-state index in [9.17, 15) is 0 Å². The molecule has 7 heavy (non-hydrogen) atoms. The van der Waals surface area contributed by atoms with Gasteiger partial charge in [0.15, 0.2) is 0 Å². The van der Waals surface area contributed by atoms with E-state index in [-0.39, 0.29) is 0 Å². The van der Waals surface area contributed by atoms with E-state index in [1.807, 2.05) is 0 Å². The van der Waals surface area contributed by atoms with Crippen molar-refractivity contribution in [1.29, 1.82) is 0 Å². The van der Waals surface area contributed by atoms with Crippen LogP contribution in [0.3, 0.4) is 0 Å². The zero-order valence-electron chi connectivity index (χ0n) is 4.88. The maximum Gasteiger partial charge on any atom is 0.109 e. The highest BCUT2D eigenvalue weighted by Gasteiger charge is 1.70. The summed E-state index contributed by atoms with van der Waals surface area (Å²) in [5, 5.41) is 0. The van der Waals surface area contributed by atoms with Crippen LogP contribution in [0.25, 0.3) is 0 Å². The predicted molar refractivity (Wildman–Crippen MR) is 41.4 cm³/mol. The Balaban J connectivity index is 0. The van der Waals surface area contributed by atoms with E-state index < -0.39 is 0 Å². The molecule has 3 heteroatoms. The standard InChI is InChI=1S/C4H9Cl.ClH3Si/c1-2-3-4-5;1-2/h2-4H2,1H3;2H3. The van der Waals surface area contributed by atoms with Gasteiger partial charge in [0.05, 0.1) is 0 Å². The van der Waals surface area contributed by atoms with E-state index in [0.717, 1.165) is 21.9 Å². The normalized spacial score (nSPS) is 7.29. The molecule has 46 valence electrons. The van der Waals surface area contributed by atoms with Gasteiger partial charge in [-0.25, -0.2) is 0 Å². The average Bonchev–Trinajstić information content (AvgIpc) is 1.75. The van der Waals surface area contributed by atoms with Crippen LogP contribution in [0.15, 0.2) is 0 Å². The van der Waals surface area contributed by atoms with Crippen molar-refractivity contribution in [2.75, 3.05) is 5.88 Å². The Bertz CT molecular complexity index is 17.2. The molecule has 0 spiro atoms. The van der Waals surface area contributed by atoms with Crippen LogP contribution in [0.2, 0.25) is 0 Å². The molecule has 0 aromatic carbocycles. The van der Waals surface area contributed by atoms with Gasteiger partial charge < -0.3 is 0 Å². The van der Waals surface area contributed by atoms with Crippen LogP contribution < -0.4 is 0 Å². The molecule has 0 unspecified atom stereocenters. The minimum Gasteiger partial charge on any atom is -0.181 e. The van der Waals surface area contributed by atoms with Crippen LogP contribution in [0.4, 0.5) is 0 Å². The van der Waals surface area contributed by atoms with Gasteiger partial charge in [0.2, 0.25) is 0 Å². The highest BCUT2D eigenvalue weighted by Crippen LogP contribution is 1.86. The van der Waals surface area contributed by atoms with Crippen molar-refractivity contribution >= 4 is 32.2 Å². The Morgan fingerprint density at radius 3 is 1.86 bits per heavy atom. The Morgan fingerprint density at radius 1 is 1.43 bits per heavy atom. The van der Waals surface area contributed by atoms with Crippen molar-refractivity contribution in [1.82, 2.24) is 0 Å². The zero-order chi connectivity index (χ0) is 6.12. The number of halogens is 2. The Labute approximate surface area is 58.3 Å². The van der Waals surface area contributed by atoms with Crippen molar-refractivity contribution < 1.29 is 0 Å². The summed E-state index contributed by atoms with van der Waals surface area (Å²) in [6.07, 6.45) is 2.37. The van der Waals surface area contributed by atoms with Crippen molar-refractivity contribution in [2.45, 2.75) is 19.8 Å². The molecule has 0 aliphatic rings. The quantitative estimate of drug-likeness (QED) is 0.325. The lowest BCUT2D eigenvalue weighted by Gasteiger charge is -1.77. The fourth-order valence-corrected chi connectivity index (χ4v) is 0.401. The van der Waals surface area contributed by atoms with Gasteiger partial charge in [-0.15, -0.1) is 11.6 Å². The van der Waals surface area contributed by atoms with Crippen LogP contribution in [0.5, 0.6) is 0 Å². The molecule has 0 bridgehead atoms. The van der Waals surface area contributed by atoms with Crippen LogP contribution in [-0.4, -0.2) is 15.4 Å². The van der Waals surface area contributed by atoms with Gasteiger partial charge in [0.25, 0.3) is 0 Å². The first-order chi connectivity index (χ1) is 3.41. The average molecular weight is 159 g/mol. The molecule has 0 N–H and O–H groups in total. The highest BCUT2D eigenvalue weighted by atomic mass is 35.6. The van der Waals surface area contributed by atoms with Gasteiger partial charge in [0.1, 0.15) is 9.55 Å². The van der Waals surface area contributed by atoms with E-state index in [0.29, 0.717) is 0 Å². The lowest BCUT2D eigenvalue weighted by atomic mass is 10.4. The van der Waals surface area contributed by atoms with E-state index in [4.69, 9.17) is 22.7 Å². The third-order valence-corrected chi connectivity index (χ3v) is 0.754. The molecule has 0 aliphatic heterocycles. The summed E-state index contributed by atoms with van der Waals surface area (Å²) >= 11 is 10.1. The van der Waals surface area contributed by atoms with Gasteiger partial charge in [0, 0.05) is 5.88 Å². The molecule has 0 aromatic heterocycles. The number of unbranched alkanes of at least 4 members (excludes halogenated alkanes) is 1. The fraction of sp³-hybridized carbons (Fsp3) is 1.00. The zero-order valence-corrected chi connectivity index (χ0v) is 8.39. The molecular formula is C4H12Cl2Si. The molecule has 0 saturated heterocycles. The molecule has 0 fully saturated rings. The summed E-state index contributed by atoms with van der Waals surface area (Å²) in [5.74, 6) is 0.816. The minimum absolute atomic E-state index is 0.778. The van der Waals surface area contributed by atoms with Crippen molar-refractivity contribution in [3.05, 3.63) is 0 Å². The second-order valence-electron chi connectivity index (χ2n) is 1.04. The van der Waals surface area contributed by atoms with Gasteiger partial charge >= 0.3 is 0 Å². The number of rotatable bonds is 2. The number of hydrogen-bond donors (Lipinski definition) is 0. The largest absolute Gasteiger partial charge is 0.181 e. The first-order valence-electron chi connectivity index (χ1n) is 2.35. The summed E-state index contributed by atoms with van der Waals surface area (Å²) in [5.41, 5.74) is 0. The second kappa shape index (κ2) is 15.8. The summed E-state index contributed by atoms with van der Waals surface area (Å²) in [6, 6.07) is 0. The lowest BCUT2D eigenvalue weighted by molar-refractivity contribution is 0.892. The van der Waals surface area contributed by atoms with E-state index in [1.165, 1.54) is 6.42 Å². The third-order valence-electron chi connectivity index (χ3n) is 0.487. The fourth-order valence-electron chi connectivity index (χ4n) is 0.134. The minimum atomic E-state index is 0.778. The van der Waals surface area contributed by atoms with Crippen LogP contribution in [0, 0.1) is 0 Å². The van der Waals surface area contributed by atoms with Gasteiger partial charge in [-0.3, -0.25) is 0 Å². The Kier molecular flexibility index (Phi) is 24.3. The third kappa shape index (κ3) is 20.0. The second-order valence-corrected chi connectivity index (χ2v) is 1.42. The van der Waals surface area contributed by atoms with Crippen LogP contribution in [-0.2, 0) is 0 Å². The molecular weight excluding hydrogens is 147 g/mol. The first-order valence-corrected chi connectivity index (χ1v) is 5.91. The summed E-state index contributed by atoms with van der Waals surface area (Å²) in [7, 11) is 0.778. The van der Waals surface area contributed by atoms with E-state index >= 15 is 0 Å². The molecule has 0 atom stereocenters. The molecule has 0 radical (unpaired) electrons. The predicted octanol–water partition coefficient (Wildman–Crippen LogP) is 1.53. The summed E-state index contributed by atoms with van der Waals surface area (Å²) < 4.78 is 0. The summed E-state index contributed by atoms with van der Waals surface area (Å²) in [4.78, 5) is 0. The molecule has 0 heterocycles. The topological polar surface area (TPSA) is 0 Å².